The molecule has 0 spiro atoms. The highest BCUT2D eigenvalue weighted by atomic mass is 32.1. The summed E-state index contributed by atoms with van der Waals surface area (Å²) < 4.78 is 10.7. The number of aromatic nitrogens is 2. The number of fused-ring (bicyclic) bond motifs is 3. The second-order valence-electron chi connectivity index (χ2n) is 7.12. The van der Waals surface area contributed by atoms with Crippen LogP contribution in [0.2, 0.25) is 0 Å². The van der Waals surface area contributed by atoms with Gasteiger partial charge in [-0.2, -0.15) is 0 Å². The number of benzene rings is 1. The summed E-state index contributed by atoms with van der Waals surface area (Å²) in [5.74, 6) is 3.22. The molecule has 1 aliphatic carbocycles. The molecule has 0 fully saturated rings. The van der Waals surface area contributed by atoms with E-state index in [9.17, 15) is 0 Å². The van der Waals surface area contributed by atoms with E-state index in [1.807, 2.05) is 23.5 Å². The van der Waals surface area contributed by atoms with Crippen molar-refractivity contribution in [3.05, 3.63) is 40.5 Å². The Kier molecular flexibility index (Phi) is 5.16. The molecule has 6 heteroatoms. The molecule has 0 amide bonds. The van der Waals surface area contributed by atoms with Gasteiger partial charge in [0.15, 0.2) is 11.5 Å². The molecule has 5 nitrogen and oxygen atoms in total. The van der Waals surface area contributed by atoms with Crippen LogP contribution in [0.3, 0.4) is 0 Å². The van der Waals surface area contributed by atoms with E-state index in [1.165, 1.54) is 34.2 Å². The Labute approximate surface area is 163 Å². The molecule has 1 N–H and O–H groups in total. The zero-order chi connectivity index (χ0) is 18.8. The number of aryl methyl sites for hydroxylation is 1. The molecule has 1 aromatic carbocycles. The maximum absolute atomic E-state index is 5.40. The third-order valence-electron chi connectivity index (χ3n) is 5.24. The molecular weight excluding hydrogens is 358 g/mol. The van der Waals surface area contributed by atoms with E-state index in [4.69, 9.17) is 9.47 Å². The number of thiophene rings is 1. The molecule has 27 heavy (non-hydrogen) atoms. The van der Waals surface area contributed by atoms with Gasteiger partial charge >= 0.3 is 0 Å². The molecule has 2 aromatic heterocycles. The fourth-order valence-corrected chi connectivity index (χ4v) is 4.96. The molecule has 1 atom stereocenters. The maximum Gasteiger partial charge on any atom is 0.160 e. The molecule has 2 heterocycles. The van der Waals surface area contributed by atoms with Crippen LogP contribution in [-0.2, 0) is 19.3 Å². The zero-order valence-corrected chi connectivity index (χ0v) is 16.9. The Bertz CT molecular complexity index is 954. The van der Waals surface area contributed by atoms with Crippen molar-refractivity contribution in [3.8, 4) is 11.5 Å². The van der Waals surface area contributed by atoms with E-state index >= 15 is 0 Å². The summed E-state index contributed by atoms with van der Waals surface area (Å²) >= 11 is 1.83. The molecule has 0 saturated carbocycles. The Hall–Kier alpha value is -2.34. The van der Waals surface area contributed by atoms with Crippen molar-refractivity contribution in [2.24, 2.45) is 5.92 Å². The van der Waals surface area contributed by atoms with Gasteiger partial charge in [-0.15, -0.1) is 11.3 Å². The Morgan fingerprint density at radius 1 is 1.19 bits per heavy atom. The van der Waals surface area contributed by atoms with Crippen molar-refractivity contribution >= 4 is 27.4 Å². The van der Waals surface area contributed by atoms with Crippen LogP contribution in [0.1, 0.15) is 29.3 Å². The van der Waals surface area contributed by atoms with Crippen LogP contribution in [0.15, 0.2) is 24.5 Å². The predicted octanol–water partition coefficient (Wildman–Crippen LogP) is 4.49. The lowest BCUT2D eigenvalue weighted by atomic mass is 9.88. The lowest BCUT2D eigenvalue weighted by Gasteiger charge is -2.18. The lowest BCUT2D eigenvalue weighted by molar-refractivity contribution is 0.354. The van der Waals surface area contributed by atoms with Crippen LogP contribution in [0, 0.1) is 5.92 Å². The van der Waals surface area contributed by atoms with Gasteiger partial charge in [-0.1, -0.05) is 13.0 Å². The maximum atomic E-state index is 5.40. The van der Waals surface area contributed by atoms with Gasteiger partial charge in [-0.3, -0.25) is 0 Å². The van der Waals surface area contributed by atoms with Crippen LogP contribution < -0.4 is 14.8 Å². The van der Waals surface area contributed by atoms with Crippen molar-refractivity contribution < 1.29 is 9.47 Å². The first-order valence-electron chi connectivity index (χ1n) is 9.39. The number of anilines is 1. The quantitative estimate of drug-likeness (QED) is 0.680. The van der Waals surface area contributed by atoms with Gasteiger partial charge in [-0.25, -0.2) is 9.97 Å². The van der Waals surface area contributed by atoms with Gasteiger partial charge in [0.1, 0.15) is 17.0 Å². The Balaban J connectivity index is 1.52. The fraction of sp³-hybridized carbons (Fsp3) is 0.429. The van der Waals surface area contributed by atoms with Crippen molar-refractivity contribution in [1.29, 1.82) is 0 Å². The molecule has 0 radical (unpaired) electrons. The summed E-state index contributed by atoms with van der Waals surface area (Å²) in [5.41, 5.74) is 2.66. The van der Waals surface area contributed by atoms with Gasteiger partial charge in [0.05, 0.1) is 19.6 Å². The molecule has 4 rings (SSSR count). The van der Waals surface area contributed by atoms with Crippen LogP contribution in [-0.4, -0.2) is 30.7 Å². The van der Waals surface area contributed by atoms with Gasteiger partial charge in [0.25, 0.3) is 0 Å². The Morgan fingerprint density at radius 3 is 2.85 bits per heavy atom. The van der Waals surface area contributed by atoms with Crippen molar-refractivity contribution in [2.75, 3.05) is 26.1 Å². The van der Waals surface area contributed by atoms with Gasteiger partial charge in [-0.05, 0) is 54.9 Å². The standard InChI is InChI=1S/C21H25N3O2S/c1-13-4-7-18-15(10-13)19-20(23-12-24-21(19)27-18)22-9-8-14-5-6-16(25-2)17(11-14)26-3/h5-6,11-13H,4,7-10H2,1-3H3,(H,22,23,24)/t13-/m0/s1. The van der Waals surface area contributed by atoms with E-state index in [-0.39, 0.29) is 0 Å². The average Bonchev–Trinajstić information content (AvgIpc) is 3.06. The molecule has 3 aromatic rings. The molecule has 0 aliphatic heterocycles. The van der Waals surface area contributed by atoms with E-state index in [0.29, 0.717) is 0 Å². The summed E-state index contributed by atoms with van der Waals surface area (Å²) in [6.07, 6.45) is 6.13. The third kappa shape index (κ3) is 3.58. The number of nitrogens with one attached hydrogen (secondary N) is 1. The number of ether oxygens (including phenoxy) is 2. The summed E-state index contributed by atoms with van der Waals surface area (Å²) in [5, 5.41) is 4.77. The van der Waals surface area contributed by atoms with Crippen LogP contribution in [0.25, 0.3) is 10.2 Å². The summed E-state index contributed by atoms with van der Waals surface area (Å²) in [6.45, 7) is 3.14. The first kappa shape index (κ1) is 18.0. The largest absolute Gasteiger partial charge is 0.493 e. The van der Waals surface area contributed by atoms with E-state index < -0.39 is 0 Å². The normalized spacial score (nSPS) is 16.2. The van der Waals surface area contributed by atoms with Gasteiger partial charge < -0.3 is 14.8 Å². The van der Waals surface area contributed by atoms with Crippen molar-refractivity contribution in [1.82, 2.24) is 9.97 Å². The van der Waals surface area contributed by atoms with Crippen LogP contribution in [0.4, 0.5) is 5.82 Å². The molecule has 0 saturated heterocycles. The van der Waals surface area contributed by atoms with E-state index in [1.54, 1.807) is 20.5 Å². The number of hydrogen-bond acceptors (Lipinski definition) is 6. The molecular formula is C21H25N3O2S. The Morgan fingerprint density at radius 2 is 2.04 bits per heavy atom. The first-order chi connectivity index (χ1) is 13.2. The fourth-order valence-electron chi connectivity index (χ4n) is 3.78. The highest BCUT2D eigenvalue weighted by molar-refractivity contribution is 7.19. The van der Waals surface area contributed by atoms with Gasteiger partial charge in [0.2, 0.25) is 0 Å². The summed E-state index contributed by atoms with van der Waals surface area (Å²) in [4.78, 5) is 11.7. The first-order valence-corrected chi connectivity index (χ1v) is 10.2. The lowest BCUT2D eigenvalue weighted by Crippen LogP contribution is -2.11. The van der Waals surface area contributed by atoms with Crippen LogP contribution in [0.5, 0.6) is 11.5 Å². The third-order valence-corrected chi connectivity index (χ3v) is 6.44. The minimum absolute atomic E-state index is 0.732. The number of nitrogens with zero attached hydrogens (tertiary/aromatic N) is 2. The second-order valence-corrected chi connectivity index (χ2v) is 8.20. The molecule has 0 unspecified atom stereocenters. The minimum atomic E-state index is 0.732. The van der Waals surface area contributed by atoms with E-state index in [2.05, 4.69) is 28.3 Å². The smallest absolute Gasteiger partial charge is 0.160 e. The highest BCUT2D eigenvalue weighted by Crippen LogP contribution is 2.39. The number of rotatable bonds is 6. The average molecular weight is 384 g/mol. The molecule has 142 valence electrons. The monoisotopic (exact) mass is 383 g/mol. The van der Waals surface area contributed by atoms with E-state index in [0.717, 1.165) is 47.5 Å². The van der Waals surface area contributed by atoms with Gasteiger partial charge in [0, 0.05) is 11.4 Å². The zero-order valence-electron chi connectivity index (χ0n) is 16.0. The topological polar surface area (TPSA) is 56.3 Å². The predicted molar refractivity (Wildman–Crippen MR) is 110 cm³/mol. The SMILES string of the molecule is COc1ccc(CCNc2ncnc3sc4c(c23)C[C@@H](C)CC4)cc1OC. The van der Waals surface area contributed by atoms with Crippen LogP contribution >= 0.6 is 11.3 Å². The molecule has 1 aliphatic rings. The van der Waals surface area contributed by atoms with Crippen molar-refractivity contribution in [2.45, 2.75) is 32.6 Å². The highest BCUT2D eigenvalue weighted by Gasteiger charge is 2.23. The van der Waals surface area contributed by atoms with Crippen molar-refractivity contribution in [3.63, 3.8) is 0 Å². The number of hydrogen-bond donors (Lipinski definition) is 1. The minimum Gasteiger partial charge on any atom is -0.493 e. The number of methoxy groups -OCH3 is 2. The summed E-state index contributed by atoms with van der Waals surface area (Å²) in [6, 6.07) is 6.06. The molecule has 0 bridgehead atoms. The second kappa shape index (κ2) is 7.72. The summed E-state index contributed by atoms with van der Waals surface area (Å²) in [7, 11) is 3.32.